The van der Waals surface area contributed by atoms with Crippen molar-refractivity contribution < 1.29 is 18.7 Å². The molecule has 3 unspecified atom stereocenters. The van der Waals surface area contributed by atoms with Crippen molar-refractivity contribution in [3.05, 3.63) is 35.6 Å². The third kappa shape index (κ3) is 5.71. The zero-order chi connectivity index (χ0) is 22.7. The summed E-state index contributed by atoms with van der Waals surface area (Å²) in [5, 5.41) is 10.1. The minimum absolute atomic E-state index is 0.0710. The molecule has 170 valence electrons. The lowest BCUT2D eigenvalue weighted by molar-refractivity contribution is -0.145. The van der Waals surface area contributed by atoms with Gasteiger partial charge in [0.1, 0.15) is 11.9 Å². The van der Waals surface area contributed by atoms with Crippen molar-refractivity contribution in [2.45, 2.75) is 77.6 Å². The van der Waals surface area contributed by atoms with E-state index in [1.165, 1.54) is 6.07 Å². The highest BCUT2D eigenvalue weighted by Crippen LogP contribution is 2.40. The standard InChI is InChI=1S/C24H40FNO3Si/c1-8-17(9-2)22(23(27)28)26-14-19(16-29-30(6,7)24(3,4)5)21(15-26)18-11-10-12-20(25)13-18/h10-13,17,19,21-22H,8-9,14-16H2,1-7H3,(H,27,28). The molecular formula is C24H40FNO3Si. The first-order valence-corrected chi connectivity index (χ1v) is 14.2. The van der Waals surface area contributed by atoms with Gasteiger partial charge in [0.05, 0.1) is 0 Å². The van der Waals surface area contributed by atoms with E-state index in [4.69, 9.17) is 4.43 Å². The number of rotatable bonds is 9. The van der Waals surface area contributed by atoms with Crippen LogP contribution in [-0.2, 0) is 9.22 Å². The van der Waals surface area contributed by atoms with Crippen LogP contribution in [0, 0.1) is 17.7 Å². The SMILES string of the molecule is CCC(CC)C(C(=O)O)N1CC(CO[Si](C)(C)C(C)(C)C)C(c2cccc(F)c2)C1. The van der Waals surface area contributed by atoms with Gasteiger partial charge in [0.25, 0.3) is 0 Å². The van der Waals surface area contributed by atoms with Gasteiger partial charge in [-0.15, -0.1) is 0 Å². The summed E-state index contributed by atoms with van der Waals surface area (Å²) in [6.07, 6.45) is 1.67. The lowest BCUT2D eigenvalue weighted by Crippen LogP contribution is -2.45. The Balaban J connectivity index is 2.30. The molecule has 1 saturated heterocycles. The van der Waals surface area contributed by atoms with E-state index >= 15 is 0 Å². The highest BCUT2D eigenvalue weighted by atomic mass is 28.4. The Labute approximate surface area is 182 Å². The number of nitrogens with zero attached hydrogens (tertiary/aromatic N) is 1. The zero-order valence-corrected chi connectivity index (χ0v) is 20.7. The molecule has 4 nitrogen and oxygen atoms in total. The number of benzene rings is 1. The van der Waals surface area contributed by atoms with Gasteiger partial charge in [0.15, 0.2) is 8.32 Å². The van der Waals surface area contributed by atoms with E-state index in [1.54, 1.807) is 12.1 Å². The average Bonchev–Trinajstić information content (AvgIpc) is 3.06. The van der Waals surface area contributed by atoms with Crippen LogP contribution in [0.3, 0.4) is 0 Å². The predicted molar refractivity (Wildman–Crippen MR) is 123 cm³/mol. The van der Waals surface area contributed by atoms with Crippen LogP contribution in [0.4, 0.5) is 4.39 Å². The van der Waals surface area contributed by atoms with Crippen LogP contribution in [0.1, 0.15) is 58.9 Å². The second-order valence-electron chi connectivity index (χ2n) is 10.3. The Morgan fingerprint density at radius 3 is 2.40 bits per heavy atom. The highest BCUT2D eigenvalue weighted by Gasteiger charge is 2.44. The maximum atomic E-state index is 14.0. The number of aliphatic carboxylic acids is 1. The minimum Gasteiger partial charge on any atom is -0.480 e. The smallest absolute Gasteiger partial charge is 0.321 e. The highest BCUT2D eigenvalue weighted by molar-refractivity contribution is 6.74. The summed E-state index contributed by atoms with van der Waals surface area (Å²) in [6, 6.07) is 6.26. The number of carboxylic acids is 1. The number of halogens is 1. The van der Waals surface area contributed by atoms with Gasteiger partial charge < -0.3 is 9.53 Å². The Bertz CT molecular complexity index is 715. The van der Waals surface area contributed by atoms with Gasteiger partial charge in [-0.2, -0.15) is 0 Å². The topological polar surface area (TPSA) is 49.8 Å². The number of likely N-dealkylation sites (tertiary alicyclic amines) is 1. The quantitative estimate of drug-likeness (QED) is 0.500. The molecule has 0 radical (unpaired) electrons. The third-order valence-electron chi connectivity index (χ3n) is 7.35. The molecule has 1 heterocycles. The van der Waals surface area contributed by atoms with E-state index in [9.17, 15) is 14.3 Å². The van der Waals surface area contributed by atoms with Gasteiger partial charge in [0.2, 0.25) is 0 Å². The fraction of sp³-hybridized carbons (Fsp3) is 0.708. The molecule has 1 aliphatic rings. The second-order valence-corrected chi connectivity index (χ2v) is 15.1. The molecule has 30 heavy (non-hydrogen) atoms. The molecule has 0 saturated carbocycles. The van der Waals surface area contributed by atoms with Crippen molar-refractivity contribution in [3.8, 4) is 0 Å². The molecule has 1 aliphatic heterocycles. The van der Waals surface area contributed by atoms with Crippen molar-refractivity contribution in [3.63, 3.8) is 0 Å². The van der Waals surface area contributed by atoms with Crippen LogP contribution in [-0.4, -0.2) is 50.0 Å². The average molecular weight is 438 g/mol. The van der Waals surface area contributed by atoms with Crippen LogP contribution in [0.2, 0.25) is 18.1 Å². The van der Waals surface area contributed by atoms with Gasteiger partial charge in [-0.3, -0.25) is 9.69 Å². The number of hydrogen-bond donors (Lipinski definition) is 1. The van der Waals surface area contributed by atoms with E-state index in [0.717, 1.165) is 18.4 Å². The molecule has 3 atom stereocenters. The van der Waals surface area contributed by atoms with Crippen LogP contribution in [0.25, 0.3) is 0 Å². The molecule has 0 spiro atoms. The summed E-state index contributed by atoms with van der Waals surface area (Å²) in [5.41, 5.74) is 0.940. The lowest BCUT2D eigenvalue weighted by Gasteiger charge is -2.37. The van der Waals surface area contributed by atoms with Crippen molar-refractivity contribution in [1.82, 2.24) is 4.90 Å². The molecule has 1 fully saturated rings. The normalized spacial score (nSPS) is 21.9. The van der Waals surface area contributed by atoms with E-state index < -0.39 is 20.3 Å². The van der Waals surface area contributed by atoms with E-state index in [2.05, 4.69) is 52.6 Å². The summed E-state index contributed by atoms with van der Waals surface area (Å²) >= 11 is 0. The first-order chi connectivity index (χ1) is 13.9. The maximum Gasteiger partial charge on any atom is 0.321 e. The van der Waals surface area contributed by atoms with Crippen molar-refractivity contribution in [2.24, 2.45) is 11.8 Å². The molecule has 2 rings (SSSR count). The Morgan fingerprint density at radius 2 is 1.90 bits per heavy atom. The molecule has 1 N–H and O–H groups in total. The summed E-state index contributed by atoms with van der Waals surface area (Å²) in [4.78, 5) is 14.3. The minimum atomic E-state index is -1.93. The van der Waals surface area contributed by atoms with Gasteiger partial charge in [0, 0.05) is 31.5 Å². The number of carbonyl (C=O) groups is 1. The van der Waals surface area contributed by atoms with E-state index in [1.807, 2.05) is 6.07 Å². The molecule has 1 aromatic carbocycles. The largest absolute Gasteiger partial charge is 0.480 e. The van der Waals surface area contributed by atoms with Gasteiger partial charge in [-0.25, -0.2) is 4.39 Å². The van der Waals surface area contributed by atoms with Crippen LogP contribution >= 0.6 is 0 Å². The Kier molecular flexibility index (Phi) is 8.27. The van der Waals surface area contributed by atoms with Crippen molar-refractivity contribution in [2.75, 3.05) is 19.7 Å². The number of hydrogen-bond acceptors (Lipinski definition) is 3. The second kappa shape index (κ2) is 9.92. The summed E-state index contributed by atoms with van der Waals surface area (Å²) in [7, 11) is -1.93. The maximum absolute atomic E-state index is 14.0. The first kappa shape index (κ1) is 25.0. The van der Waals surface area contributed by atoms with Gasteiger partial charge in [-0.05, 0) is 41.7 Å². The van der Waals surface area contributed by atoms with Gasteiger partial charge in [-0.1, -0.05) is 59.6 Å². The van der Waals surface area contributed by atoms with E-state index in [-0.39, 0.29) is 28.6 Å². The summed E-state index contributed by atoms with van der Waals surface area (Å²) in [6.45, 7) is 17.1. The predicted octanol–water partition coefficient (Wildman–Crippen LogP) is 5.75. The third-order valence-corrected chi connectivity index (χ3v) is 11.9. The fourth-order valence-corrected chi connectivity index (χ4v) is 5.40. The fourth-order valence-electron chi connectivity index (χ4n) is 4.34. The lowest BCUT2D eigenvalue weighted by atomic mass is 9.89. The van der Waals surface area contributed by atoms with Crippen LogP contribution in [0.15, 0.2) is 24.3 Å². The van der Waals surface area contributed by atoms with Crippen molar-refractivity contribution >= 4 is 14.3 Å². The Hall–Kier alpha value is -1.24. The molecule has 6 heteroatoms. The monoisotopic (exact) mass is 437 g/mol. The molecule has 0 aliphatic carbocycles. The summed E-state index contributed by atoms with van der Waals surface area (Å²) in [5.74, 6) is -0.674. The van der Waals surface area contributed by atoms with E-state index in [0.29, 0.717) is 19.7 Å². The van der Waals surface area contributed by atoms with Crippen molar-refractivity contribution in [1.29, 1.82) is 0 Å². The zero-order valence-electron chi connectivity index (χ0n) is 19.7. The van der Waals surface area contributed by atoms with Gasteiger partial charge >= 0.3 is 5.97 Å². The van der Waals surface area contributed by atoms with Crippen LogP contribution < -0.4 is 0 Å². The Morgan fingerprint density at radius 1 is 1.27 bits per heavy atom. The van der Waals surface area contributed by atoms with Crippen LogP contribution in [0.5, 0.6) is 0 Å². The molecule has 1 aromatic rings. The summed E-state index contributed by atoms with van der Waals surface area (Å²) < 4.78 is 20.5. The molecule has 0 aromatic heterocycles. The molecule has 0 amide bonds. The molecule has 0 bridgehead atoms. The molecular weight excluding hydrogens is 397 g/mol. The number of carboxylic acid groups (broad SMARTS) is 1. The first-order valence-electron chi connectivity index (χ1n) is 11.3.